The van der Waals surface area contributed by atoms with Gasteiger partial charge in [-0.3, -0.25) is 0 Å². The molecule has 1 aromatic carbocycles. The molecule has 1 saturated heterocycles. The highest BCUT2D eigenvalue weighted by Gasteiger charge is 2.26. The number of hydrogen-bond acceptors (Lipinski definition) is 2. The van der Waals surface area contributed by atoms with Crippen LogP contribution in [0.25, 0.3) is 0 Å². The molecule has 5 heteroatoms. The number of amides is 2. The zero-order valence-electron chi connectivity index (χ0n) is 12.1. The van der Waals surface area contributed by atoms with Gasteiger partial charge in [-0.1, -0.05) is 18.2 Å². The lowest BCUT2D eigenvalue weighted by atomic mass is 10.1. The minimum absolute atomic E-state index is 0.0914. The Morgan fingerprint density at radius 2 is 2.20 bits per heavy atom. The third-order valence-electron chi connectivity index (χ3n) is 3.47. The number of benzene rings is 1. The van der Waals surface area contributed by atoms with E-state index in [0.29, 0.717) is 12.1 Å². The van der Waals surface area contributed by atoms with Crippen LogP contribution in [0.5, 0.6) is 0 Å². The lowest BCUT2D eigenvalue weighted by Gasteiger charge is -2.30. The van der Waals surface area contributed by atoms with Crippen molar-refractivity contribution < 1.29 is 9.18 Å². The fourth-order valence-electron chi connectivity index (χ4n) is 2.41. The van der Waals surface area contributed by atoms with Crippen molar-refractivity contribution in [3.05, 3.63) is 35.6 Å². The minimum Gasteiger partial charge on any atom is -0.334 e. The first-order chi connectivity index (χ1) is 9.48. The summed E-state index contributed by atoms with van der Waals surface area (Å²) in [7, 11) is 0. The summed E-state index contributed by atoms with van der Waals surface area (Å²) < 4.78 is 13.5. The third-order valence-corrected chi connectivity index (χ3v) is 3.47. The summed E-state index contributed by atoms with van der Waals surface area (Å²) in [6.45, 7) is 6.65. The first-order valence-electron chi connectivity index (χ1n) is 6.99. The van der Waals surface area contributed by atoms with Gasteiger partial charge < -0.3 is 15.5 Å². The van der Waals surface area contributed by atoms with Crippen LogP contribution in [-0.4, -0.2) is 36.1 Å². The Labute approximate surface area is 119 Å². The van der Waals surface area contributed by atoms with E-state index >= 15 is 0 Å². The first kappa shape index (κ1) is 14.8. The van der Waals surface area contributed by atoms with Gasteiger partial charge in [0.1, 0.15) is 5.82 Å². The molecule has 2 N–H and O–H groups in total. The first-order valence-corrected chi connectivity index (χ1v) is 6.99. The summed E-state index contributed by atoms with van der Waals surface area (Å²) in [5, 5.41) is 6.20. The van der Waals surface area contributed by atoms with E-state index in [4.69, 9.17) is 0 Å². The summed E-state index contributed by atoms with van der Waals surface area (Å²) in [6, 6.07) is 6.36. The lowest BCUT2D eigenvalue weighted by Crippen LogP contribution is -2.50. The van der Waals surface area contributed by atoms with Crippen LogP contribution >= 0.6 is 0 Å². The number of rotatable bonds is 2. The maximum absolute atomic E-state index is 13.5. The molecule has 0 radical (unpaired) electrons. The number of urea groups is 1. The van der Waals surface area contributed by atoms with Crippen molar-refractivity contribution in [2.75, 3.05) is 19.6 Å². The number of nitrogens with zero attached hydrogens (tertiary/aromatic N) is 1. The molecule has 0 aromatic heterocycles. The number of nitrogens with one attached hydrogen (secondary N) is 2. The van der Waals surface area contributed by atoms with Gasteiger partial charge in [-0.25, -0.2) is 9.18 Å². The van der Waals surface area contributed by atoms with E-state index < -0.39 is 0 Å². The molecule has 1 fully saturated rings. The highest BCUT2D eigenvalue weighted by atomic mass is 19.1. The highest BCUT2D eigenvalue weighted by molar-refractivity contribution is 5.74. The van der Waals surface area contributed by atoms with Gasteiger partial charge in [0.15, 0.2) is 0 Å². The second-order valence-corrected chi connectivity index (χ2v) is 5.84. The Morgan fingerprint density at radius 1 is 1.45 bits per heavy atom. The molecule has 0 aliphatic carbocycles. The van der Waals surface area contributed by atoms with Gasteiger partial charge in [-0.05, 0) is 32.9 Å². The van der Waals surface area contributed by atoms with E-state index in [1.165, 1.54) is 6.07 Å². The second kappa shape index (κ2) is 6.22. The van der Waals surface area contributed by atoms with Gasteiger partial charge in [-0.2, -0.15) is 0 Å². The van der Waals surface area contributed by atoms with Crippen molar-refractivity contribution in [2.45, 2.75) is 32.4 Å². The highest BCUT2D eigenvalue weighted by Crippen LogP contribution is 2.11. The predicted octanol–water partition coefficient (Wildman–Crippen LogP) is 2.11. The quantitative estimate of drug-likeness (QED) is 0.871. The molecule has 4 nitrogen and oxygen atoms in total. The average Bonchev–Trinajstić information content (AvgIpc) is 2.58. The van der Waals surface area contributed by atoms with Gasteiger partial charge in [-0.15, -0.1) is 0 Å². The number of carbonyl (C=O) groups excluding carboxylic acids is 1. The average molecular weight is 279 g/mol. The van der Waals surface area contributed by atoms with Gasteiger partial charge in [0.25, 0.3) is 0 Å². The topological polar surface area (TPSA) is 44.4 Å². The van der Waals surface area contributed by atoms with Crippen LogP contribution < -0.4 is 10.6 Å². The van der Waals surface area contributed by atoms with Crippen molar-refractivity contribution >= 4 is 6.03 Å². The van der Waals surface area contributed by atoms with Gasteiger partial charge in [0, 0.05) is 30.7 Å². The molecule has 0 atom stereocenters. The van der Waals surface area contributed by atoms with Crippen molar-refractivity contribution in [1.82, 2.24) is 15.5 Å². The minimum atomic E-state index is -0.286. The molecular weight excluding hydrogens is 257 g/mol. The monoisotopic (exact) mass is 279 g/mol. The third kappa shape index (κ3) is 3.93. The summed E-state index contributed by atoms with van der Waals surface area (Å²) in [5.74, 6) is -0.286. The molecule has 2 rings (SSSR count). The van der Waals surface area contributed by atoms with E-state index in [2.05, 4.69) is 24.5 Å². The van der Waals surface area contributed by atoms with Crippen molar-refractivity contribution in [1.29, 1.82) is 0 Å². The summed E-state index contributed by atoms with van der Waals surface area (Å²) in [6.07, 6.45) is 0.927. The molecule has 0 saturated carbocycles. The van der Waals surface area contributed by atoms with Crippen LogP contribution in [0.15, 0.2) is 24.3 Å². The SMILES string of the molecule is CC1(C)CN(C(=O)NCc2ccccc2F)CCCN1. The lowest BCUT2D eigenvalue weighted by molar-refractivity contribution is 0.187. The van der Waals surface area contributed by atoms with E-state index in [1.807, 2.05) is 0 Å². The standard InChI is InChI=1S/C15H22FN3O/c1-15(2)11-19(9-5-8-18-15)14(20)17-10-12-6-3-4-7-13(12)16/h3-4,6-7,18H,5,8-11H2,1-2H3,(H,17,20). The van der Waals surface area contributed by atoms with Crippen LogP contribution in [0, 0.1) is 5.82 Å². The largest absolute Gasteiger partial charge is 0.334 e. The molecule has 1 aromatic rings. The zero-order chi connectivity index (χ0) is 14.6. The number of carbonyl (C=O) groups is 1. The molecule has 0 unspecified atom stereocenters. The molecule has 1 aliphatic rings. The molecule has 1 heterocycles. The van der Waals surface area contributed by atoms with E-state index in [9.17, 15) is 9.18 Å². The molecule has 0 bridgehead atoms. The normalized spacial score (nSPS) is 18.4. The van der Waals surface area contributed by atoms with Crippen molar-refractivity contribution in [3.63, 3.8) is 0 Å². The van der Waals surface area contributed by atoms with E-state index in [-0.39, 0.29) is 23.9 Å². The Balaban J connectivity index is 1.93. The molecule has 2 amide bonds. The van der Waals surface area contributed by atoms with E-state index in [1.54, 1.807) is 23.1 Å². The van der Waals surface area contributed by atoms with Gasteiger partial charge in [0.05, 0.1) is 0 Å². The maximum Gasteiger partial charge on any atom is 0.317 e. The van der Waals surface area contributed by atoms with Crippen LogP contribution in [0.3, 0.4) is 0 Å². The van der Waals surface area contributed by atoms with E-state index in [0.717, 1.165) is 19.5 Å². The van der Waals surface area contributed by atoms with Crippen LogP contribution in [-0.2, 0) is 6.54 Å². The second-order valence-electron chi connectivity index (χ2n) is 5.84. The van der Waals surface area contributed by atoms with Gasteiger partial charge in [0.2, 0.25) is 0 Å². The Kier molecular flexibility index (Phi) is 4.60. The Morgan fingerprint density at radius 3 is 2.95 bits per heavy atom. The molecule has 0 spiro atoms. The molecule has 1 aliphatic heterocycles. The zero-order valence-corrected chi connectivity index (χ0v) is 12.1. The molecule has 20 heavy (non-hydrogen) atoms. The summed E-state index contributed by atoms with van der Waals surface area (Å²) in [4.78, 5) is 14.0. The van der Waals surface area contributed by atoms with Crippen molar-refractivity contribution in [2.24, 2.45) is 0 Å². The fraction of sp³-hybridized carbons (Fsp3) is 0.533. The summed E-state index contributed by atoms with van der Waals surface area (Å²) in [5.41, 5.74) is 0.416. The van der Waals surface area contributed by atoms with Crippen molar-refractivity contribution in [3.8, 4) is 0 Å². The molecular formula is C15H22FN3O. The maximum atomic E-state index is 13.5. The molecule has 110 valence electrons. The number of halogens is 1. The van der Waals surface area contributed by atoms with Crippen LogP contribution in [0.2, 0.25) is 0 Å². The Bertz CT molecular complexity index is 476. The van der Waals surface area contributed by atoms with Crippen LogP contribution in [0.4, 0.5) is 9.18 Å². The predicted molar refractivity (Wildman–Crippen MR) is 76.9 cm³/mol. The number of hydrogen-bond donors (Lipinski definition) is 2. The van der Waals surface area contributed by atoms with Gasteiger partial charge >= 0.3 is 6.03 Å². The Hall–Kier alpha value is -1.62. The fourth-order valence-corrected chi connectivity index (χ4v) is 2.41. The summed E-state index contributed by atoms with van der Waals surface area (Å²) >= 11 is 0. The van der Waals surface area contributed by atoms with Crippen LogP contribution in [0.1, 0.15) is 25.8 Å². The smallest absolute Gasteiger partial charge is 0.317 e.